The Morgan fingerprint density at radius 3 is 2.43 bits per heavy atom. The number of benzene rings is 2. The first kappa shape index (κ1) is 17.0. The first-order valence-corrected chi connectivity index (χ1v) is 8.63. The van der Waals surface area contributed by atoms with Crippen LogP contribution in [-0.2, 0) is 14.8 Å². The van der Waals surface area contributed by atoms with Gasteiger partial charge in [-0.2, -0.15) is 0 Å². The van der Waals surface area contributed by atoms with E-state index >= 15 is 0 Å². The number of ether oxygens (including phenoxy) is 1. The number of anilines is 1. The maximum Gasteiger partial charge on any atom is 0.337 e. The van der Waals surface area contributed by atoms with Crippen LogP contribution in [-0.4, -0.2) is 21.5 Å². The fraction of sp³-hybridized carbons (Fsp3) is 0.235. The second-order valence-electron chi connectivity index (χ2n) is 5.37. The Bertz CT molecular complexity index is 813. The van der Waals surface area contributed by atoms with E-state index in [4.69, 9.17) is 0 Å². The number of hydrogen-bond acceptors (Lipinski definition) is 4. The van der Waals surface area contributed by atoms with Gasteiger partial charge < -0.3 is 4.74 Å². The Morgan fingerprint density at radius 2 is 1.78 bits per heavy atom. The molecule has 2 aromatic rings. The lowest BCUT2D eigenvalue weighted by Crippen LogP contribution is -2.15. The molecule has 0 radical (unpaired) electrons. The largest absolute Gasteiger partial charge is 0.465 e. The van der Waals surface area contributed by atoms with E-state index in [-0.39, 0.29) is 16.4 Å². The van der Waals surface area contributed by atoms with Crippen LogP contribution in [0.4, 0.5) is 5.69 Å². The first-order chi connectivity index (χ1) is 10.8. The summed E-state index contributed by atoms with van der Waals surface area (Å²) in [4.78, 5) is 11.6. The monoisotopic (exact) mass is 333 g/mol. The maximum absolute atomic E-state index is 12.6. The van der Waals surface area contributed by atoms with Crippen molar-refractivity contribution in [2.45, 2.75) is 24.7 Å². The predicted octanol–water partition coefficient (Wildman–Crippen LogP) is 3.40. The molecule has 0 bridgehead atoms. The zero-order chi connectivity index (χ0) is 17.0. The number of para-hydroxylation sites is 1. The average molecular weight is 333 g/mol. The summed E-state index contributed by atoms with van der Waals surface area (Å²) < 4.78 is 32.4. The molecule has 0 aliphatic rings. The topological polar surface area (TPSA) is 72.5 Å². The maximum atomic E-state index is 12.6. The number of carbonyl (C=O) groups is 1. The second-order valence-corrected chi connectivity index (χ2v) is 7.05. The number of rotatable bonds is 5. The van der Waals surface area contributed by atoms with Gasteiger partial charge in [-0.05, 0) is 35.7 Å². The smallest absolute Gasteiger partial charge is 0.337 e. The average Bonchev–Trinajstić information content (AvgIpc) is 2.54. The van der Waals surface area contributed by atoms with Gasteiger partial charge in [0.1, 0.15) is 0 Å². The van der Waals surface area contributed by atoms with Crippen LogP contribution < -0.4 is 4.72 Å². The summed E-state index contributed by atoms with van der Waals surface area (Å²) in [6, 6.07) is 13.0. The van der Waals surface area contributed by atoms with Gasteiger partial charge in [-0.25, -0.2) is 13.2 Å². The molecule has 0 aliphatic heterocycles. The highest BCUT2D eigenvalue weighted by molar-refractivity contribution is 7.92. The predicted molar refractivity (Wildman–Crippen MR) is 89.1 cm³/mol. The minimum atomic E-state index is -3.79. The van der Waals surface area contributed by atoms with Crippen LogP contribution in [0.25, 0.3) is 0 Å². The molecule has 2 rings (SSSR count). The molecule has 0 amide bonds. The van der Waals surface area contributed by atoms with E-state index in [2.05, 4.69) is 9.46 Å². The van der Waals surface area contributed by atoms with Gasteiger partial charge in [-0.15, -0.1) is 0 Å². The van der Waals surface area contributed by atoms with Gasteiger partial charge in [0.15, 0.2) is 0 Å². The molecule has 0 atom stereocenters. The van der Waals surface area contributed by atoms with E-state index in [0.29, 0.717) is 5.69 Å². The van der Waals surface area contributed by atoms with Crippen molar-refractivity contribution in [3.8, 4) is 0 Å². The van der Waals surface area contributed by atoms with Crippen molar-refractivity contribution in [3.63, 3.8) is 0 Å². The van der Waals surface area contributed by atoms with Gasteiger partial charge in [0.05, 0.1) is 23.3 Å². The standard InChI is InChI=1S/C17H19NO4S/c1-12(2)15-9-4-5-10-16(15)18-23(20,21)14-8-6-7-13(11-14)17(19)22-3/h4-12,18H,1-3H3. The third-order valence-corrected chi connectivity index (χ3v) is 4.76. The van der Waals surface area contributed by atoms with Crippen molar-refractivity contribution in [2.24, 2.45) is 0 Å². The summed E-state index contributed by atoms with van der Waals surface area (Å²) in [6.45, 7) is 3.98. The van der Waals surface area contributed by atoms with Gasteiger partial charge in [0, 0.05) is 0 Å². The van der Waals surface area contributed by atoms with E-state index in [0.717, 1.165) is 5.56 Å². The van der Waals surface area contributed by atoms with Gasteiger partial charge in [-0.1, -0.05) is 38.1 Å². The van der Waals surface area contributed by atoms with Gasteiger partial charge in [-0.3, -0.25) is 4.72 Å². The van der Waals surface area contributed by atoms with Crippen LogP contribution in [0.5, 0.6) is 0 Å². The van der Waals surface area contributed by atoms with Crippen molar-refractivity contribution < 1.29 is 17.9 Å². The minimum absolute atomic E-state index is 0.0129. The van der Waals surface area contributed by atoms with Crippen LogP contribution in [0, 0.1) is 0 Å². The molecule has 0 aliphatic carbocycles. The lowest BCUT2D eigenvalue weighted by molar-refractivity contribution is 0.0600. The Kier molecular flexibility index (Phi) is 5.05. The Morgan fingerprint density at radius 1 is 1.09 bits per heavy atom. The zero-order valence-corrected chi connectivity index (χ0v) is 14.1. The molecule has 0 unspecified atom stereocenters. The summed E-state index contributed by atoms with van der Waals surface area (Å²) in [5.41, 5.74) is 1.62. The Labute approximate surface area is 136 Å². The molecule has 1 N–H and O–H groups in total. The van der Waals surface area contributed by atoms with Crippen LogP contribution in [0.15, 0.2) is 53.4 Å². The lowest BCUT2D eigenvalue weighted by Gasteiger charge is -2.15. The van der Waals surface area contributed by atoms with E-state index < -0.39 is 16.0 Å². The van der Waals surface area contributed by atoms with Crippen molar-refractivity contribution in [2.75, 3.05) is 11.8 Å². The van der Waals surface area contributed by atoms with Crippen LogP contribution in [0.2, 0.25) is 0 Å². The molecule has 0 aromatic heterocycles. The molecule has 0 saturated heterocycles. The second kappa shape index (κ2) is 6.83. The highest BCUT2D eigenvalue weighted by Crippen LogP contribution is 2.26. The molecular formula is C17H19NO4S. The summed E-state index contributed by atoms with van der Waals surface area (Å²) in [5.74, 6) is -0.403. The summed E-state index contributed by atoms with van der Waals surface area (Å²) in [5, 5.41) is 0. The summed E-state index contributed by atoms with van der Waals surface area (Å²) >= 11 is 0. The molecule has 0 saturated carbocycles. The lowest BCUT2D eigenvalue weighted by atomic mass is 10.0. The van der Waals surface area contributed by atoms with Gasteiger partial charge in [0.2, 0.25) is 0 Å². The highest BCUT2D eigenvalue weighted by atomic mass is 32.2. The SMILES string of the molecule is COC(=O)c1cccc(S(=O)(=O)Nc2ccccc2C(C)C)c1. The number of esters is 1. The third-order valence-electron chi connectivity index (χ3n) is 3.39. The molecule has 6 heteroatoms. The van der Waals surface area contributed by atoms with Crippen molar-refractivity contribution >= 4 is 21.7 Å². The number of methoxy groups -OCH3 is 1. The van der Waals surface area contributed by atoms with E-state index in [1.165, 1.54) is 31.4 Å². The van der Waals surface area contributed by atoms with E-state index in [1.807, 2.05) is 26.0 Å². The third kappa shape index (κ3) is 3.90. The van der Waals surface area contributed by atoms with Crippen LogP contribution >= 0.6 is 0 Å². The van der Waals surface area contributed by atoms with Crippen molar-refractivity contribution in [1.29, 1.82) is 0 Å². The molecular weight excluding hydrogens is 314 g/mol. The van der Waals surface area contributed by atoms with Crippen molar-refractivity contribution in [3.05, 3.63) is 59.7 Å². The zero-order valence-electron chi connectivity index (χ0n) is 13.2. The molecule has 5 nitrogen and oxygen atoms in total. The van der Waals surface area contributed by atoms with Crippen LogP contribution in [0.3, 0.4) is 0 Å². The number of hydrogen-bond donors (Lipinski definition) is 1. The van der Waals surface area contributed by atoms with E-state index in [9.17, 15) is 13.2 Å². The minimum Gasteiger partial charge on any atom is -0.465 e. The number of carbonyl (C=O) groups excluding carboxylic acids is 1. The van der Waals surface area contributed by atoms with Gasteiger partial charge >= 0.3 is 5.97 Å². The summed E-state index contributed by atoms with van der Waals surface area (Å²) in [7, 11) is -2.54. The normalized spacial score (nSPS) is 11.3. The summed E-state index contributed by atoms with van der Waals surface area (Å²) in [6.07, 6.45) is 0. The van der Waals surface area contributed by atoms with Gasteiger partial charge in [0.25, 0.3) is 10.0 Å². The Hall–Kier alpha value is -2.34. The fourth-order valence-corrected chi connectivity index (χ4v) is 3.34. The molecule has 0 heterocycles. The quantitative estimate of drug-likeness (QED) is 0.851. The molecule has 0 fully saturated rings. The highest BCUT2D eigenvalue weighted by Gasteiger charge is 2.18. The van der Waals surface area contributed by atoms with Crippen LogP contribution in [0.1, 0.15) is 35.7 Å². The van der Waals surface area contributed by atoms with Crippen molar-refractivity contribution in [1.82, 2.24) is 0 Å². The fourth-order valence-electron chi connectivity index (χ4n) is 2.21. The molecule has 23 heavy (non-hydrogen) atoms. The number of sulfonamides is 1. The molecule has 0 spiro atoms. The molecule has 2 aromatic carbocycles. The van der Waals surface area contributed by atoms with E-state index in [1.54, 1.807) is 12.1 Å². The first-order valence-electron chi connectivity index (χ1n) is 7.15. The number of nitrogens with one attached hydrogen (secondary N) is 1. The molecule has 122 valence electrons. The Balaban J connectivity index is 2.39.